The first-order valence-corrected chi connectivity index (χ1v) is 8.75. The zero-order valence-electron chi connectivity index (χ0n) is 12.1. The molecule has 0 saturated carbocycles. The molecule has 1 aromatic heterocycles. The van der Waals surface area contributed by atoms with E-state index in [-0.39, 0.29) is 6.04 Å². The number of likely N-dealkylation sites (N-methyl/N-ethyl adjacent to an activating group) is 1. The smallest absolute Gasteiger partial charge is 0.0593 e. The maximum Gasteiger partial charge on any atom is 0.0593 e. The molecule has 0 spiro atoms. The summed E-state index contributed by atoms with van der Waals surface area (Å²) >= 11 is 3.77. The summed E-state index contributed by atoms with van der Waals surface area (Å²) in [5.41, 5.74) is 6.35. The van der Waals surface area contributed by atoms with Crippen molar-refractivity contribution in [2.24, 2.45) is 5.73 Å². The number of thiophene rings is 1. The lowest BCUT2D eigenvalue weighted by molar-refractivity contribution is 0.174. The van der Waals surface area contributed by atoms with E-state index in [0.717, 1.165) is 12.2 Å². The standard InChI is InChI=1S/C14H26N2S2/c1-6-12(15)14(13-8-7-11(3)18-13)16(4)10(2)9-17-5/h7-8,10,12,14H,6,9,15H2,1-5H3. The third-order valence-corrected chi connectivity index (χ3v) is 5.36. The Hall–Kier alpha value is -0.0300. The van der Waals surface area contributed by atoms with Crippen LogP contribution in [0.1, 0.15) is 36.1 Å². The first kappa shape index (κ1) is 16.0. The van der Waals surface area contributed by atoms with Crippen LogP contribution in [-0.4, -0.2) is 36.0 Å². The third kappa shape index (κ3) is 3.98. The number of hydrogen-bond donors (Lipinski definition) is 1. The lowest BCUT2D eigenvalue weighted by Gasteiger charge is -2.35. The summed E-state index contributed by atoms with van der Waals surface area (Å²) in [5.74, 6) is 1.15. The molecule has 3 unspecified atom stereocenters. The van der Waals surface area contributed by atoms with Gasteiger partial charge in [-0.1, -0.05) is 6.92 Å². The molecule has 0 radical (unpaired) electrons. The second-order valence-electron chi connectivity index (χ2n) is 4.94. The molecule has 0 amide bonds. The van der Waals surface area contributed by atoms with Crippen LogP contribution < -0.4 is 5.73 Å². The van der Waals surface area contributed by atoms with Crippen molar-refractivity contribution in [1.82, 2.24) is 4.90 Å². The van der Waals surface area contributed by atoms with E-state index in [1.165, 1.54) is 9.75 Å². The number of hydrogen-bond acceptors (Lipinski definition) is 4. The fourth-order valence-corrected chi connectivity index (χ4v) is 4.01. The first-order chi connectivity index (χ1) is 8.51. The molecule has 0 fully saturated rings. The van der Waals surface area contributed by atoms with Gasteiger partial charge in [-0.05, 0) is 45.7 Å². The summed E-state index contributed by atoms with van der Waals surface area (Å²) in [6.45, 7) is 6.62. The van der Waals surface area contributed by atoms with Gasteiger partial charge in [0.25, 0.3) is 0 Å². The minimum atomic E-state index is 0.206. The Balaban J connectivity index is 2.91. The molecule has 3 atom stereocenters. The molecular weight excluding hydrogens is 260 g/mol. The lowest BCUT2D eigenvalue weighted by atomic mass is 10.0. The van der Waals surface area contributed by atoms with E-state index in [4.69, 9.17) is 5.73 Å². The highest BCUT2D eigenvalue weighted by Gasteiger charge is 2.27. The van der Waals surface area contributed by atoms with Gasteiger partial charge < -0.3 is 5.73 Å². The molecule has 18 heavy (non-hydrogen) atoms. The number of nitrogens with zero attached hydrogens (tertiary/aromatic N) is 1. The Morgan fingerprint density at radius 2 is 2.11 bits per heavy atom. The van der Waals surface area contributed by atoms with Gasteiger partial charge >= 0.3 is 0 Å². The minimum Gasteiger partial charge on any atom is -0.326 e. The highest BCUT2D eigenvalue weighted by Crippen LogP contribution is 2.31. The maximum atomic E-state index is 6.35. The SMILES string of the molecule is CCC(N)C(c1ccc(C)s1)N(C)C(C)CSC. The summed E-state index contributed by atoms with van der Waals surface area (Å²) in [7, 11) is 2.20. The highest BCUT2D eigenvalue weighted by molar-refractivity contribution is 7.98. The number of thioether (sulfide) groups is 1. The molecule has 2 nitrogen and oxygen atoms in total. The van der Waals surface area contributed by atoms with Crippen molar-refractivity contribution in [2.75, 3.05) is 19.1 Å². The Labute approximate surface area is 120 Å². The average Bonchev–Trinajstić information content (AvgIpc) is 2.75. The van der Waals surface area contributed by atoms with Crippen LogP contribution in [0.4, 0.5) is 0 Å². The van der Waals surface area contributed by atoms with Crippen LogP contribution in [0.5, 0.6) is 0 Å². The van der Waals surface area contributed by atoms with E-state index in [9.17, 15) is 0 Å². The fraction of sp³-hybridized carbons (Fsp3) is 0.714. The highest BCUT2D eigenvalue weighted by atomic mass is 32.2. The van der Waals surface area contributed by atoms with E-state index in [1.807, 2.05) is 23.1 Å². The van der Waals surface area contributed by atoms with Gasteiger partial charge in [-0.3, -0.25) is 4.90 Å². The number of rotatable bonds is 7. The van der Waals surface area contributed by atoms with Crippen LogP contribution in [0.3, 0.4) is 0 Å². The zero-order chi connectivity index (χ0) is 13.7. The van der Waals surface area contributed by atoms with Gasteiger partial charge in [0, 0.05) is 27.6 Å². The van der Waals surface area contributed by atoms with Crippen molar-refractivity contribution in [3.8, 4) is 0 Å². The summed E-state index contributed by atoms with van der Waals surface area (Å²) in [4.78, 5) is 5.21. The molecule has 1 aromatic rings. The molecule has 4 heteroatoms. The molecule has 0 saturated heterocycles. The molecular formula is C14H26N2S2. The van der Waals surface area contributed by atoms with Crippen LogP contribution >= 0.6 is 23.1 Å². The molecule has 0 aromatic carbocycles. The molecule has 0 aliphatic heterocycles. The third-order valence-electron chi connectivity index (χ3n) is 3.47. The van der Waals surface area contributed by atoms with Crippen LogP contribution in [0.25, 0.3) is 0 Å². The molecule has 1 heterocycles. The maximum absolute atomic E-state index is 6.35. The minimum absolute atomic E-state index is 0.206. The Morgan fingerprint density at radius 3 is 2.56 bits per heavy atom. The summed E-state index contributed by atoms with van der Waals surface area (Å²) in [6.07, 6.45) is 3.17. The van der Waals surface area contributed by atoms with Crippen molar-refractivity contribution < 1.29 is 0 Å². The normalized spacial score (nSPS) is 16.8. The van der Waals surface area contributed by atoms with E-state index >= 15 is 0 Å². The molecule has 104 valence electrons. The van der Waals surface area contributed by atoms with Gasteiger partial charge in [0.2, 0.25) is 0 Å². The number of nitrogens with two attached hydrogens (primary N) is 1. The molecule has 0 bridgehead atoms. The van der Waals surface area contributed by atoms with Crippen LogP contribution in [-0.2, 0) is 0 Å². The fourth-order valence-electron chi connectivity index (χ4n) is 2.18. The van der Waals surface area contributed by atoms with E-state index in [0.29, 0.717) is 12.1 Å². The van der Waals surface area contributed by atoms with Gasteiger partial charge in [-0.25, -0.2) is 0 Å². The van der Waals surface area contributed by atoms with Crippen molar-refractivity contribution in [3.63, 3.8) is 0 Å². The second-order valence-corrected chi connectivity index (χ2v) is 7.17. The summed E-state index contributed by atoms with van der Waals surface area (Å²) in [6, 6.07) is 5.53. The predicted molar refractivity (Wildman–Crippen MR) is 85.7 cm³/mol. The molecule has 2 N–H and O–H groups in total. The van der Waals surface area contributed by atoms with Gasteiger partial charge in [-0.2, -0.15) is 11.8 Å². The van der Waals surface area contributed by atoms with Crippen molar-refractivity contribution in [1.29, 1.82) is 0 Å². The summed E-state index contributed by atoms with van der Waals surface area (Å²) in [5, 5.41) is 0. The van der Waals surface area contributed by atoms with Crippen LogP contribution in [0, 0.1) is 6.92 Å². The van der Waals surface area contributed by atoms with Crippen molar-refractivity contribution in [3.05, 3.63) is 21.9 Å². The van der Waals surface area contributed by atoms with Gasteiger partial charge in [-0.15, -0.1) is 11.3 Å². The van der Waals surface area contributed by atoms with Crippen LogP contribution in [0.15, 0.2) is 12.1 Å². The van der Waals surface area contributed by atoms with Gasteiger partial charge in [0.1, 0.15) is 0 Å². The predicted octanol–water partition coefficient (Wildman–Crippen LogP) is 3.52. The Morgan fingerprint density at radius 1 is 1.44 bits per heavy atom. The largest absolute Gasteiger partial charge is 0.326 e. The zero-order valence-corrected chi connectivity index (χ0v) is 13.8. The molecule has 0 aliphatic rings. The van der Waals surface area contributed by atoms with Crippen LogP contribution in [0.2, 0.25) is 0 Å². The van der Waals surface area contributed by atoms with E-state index in [1.54, 1.807) is 0 Å². The molecule has 0 aliphatic carbocycles. The van der Waals surface area contributed by atoms with E-state index in [2.05, 4.69) is 51.1 Å². The van der Waals surface area contributed by atoms with Crippen molar-refractivity contribution >= 4 is 23.1 Å². The van der Waals surface area contributed by atoms with Gasteiger partial charge in [0.15, 0.2) is 0 Å². The summed E-state index contributed by atoms with van der Waals surface area (Å²) < 4.78 is 0. The molecule has 1 rings (SSSR count). The average molecular weight is 287 g/mol. The monoisotopic (exact) mass is 286 g/mol. The van der Waals surface area contributed by atoms with Gasteiger partial charge in [0.05, 0.1) is 6.04 Å². The topological polar surface area (TPSA) is 29.3 Å². The Kier molecular flexibility index (Phi) is 6.71. The number of aryl methyl sites for hydroxylation is 1. The van der Waals surface area contributed by atoms with Crippen molar-refractivity contribution in [2.45, 2.75) is 45.3 Å². The van der Waals surface area contributed by atoms with E-state index < -0.39 is 0 Å². The second kappa shape index (κ2) is 7.53. The Bertz CT molecular complexity index is 351. The first-order valence-electron chi connectivity index (χ1n) is 6.54. The quantitative estimate of drug-likeness (QED) is 0.831. The lowest BCUT2D eigenvalue weighted by Crippen LogP contribution is -2.43.